The summed E-state index contributed by atoms with van der Waals surface area (Å²) in [5.74, 6) is -0.273. The highest BCUT2D eigenvalue weighted by atomic mass is 16.6. The van der Waals surface area contributed by atoms with E-state index in [-0.39, 0.29) is 5.91 Å². The first-order chi connectivity index (χ1) is 13.8. The van der Waals surface area contributed by atoms with Crippen molar-refractivity contribution >= 4 is 23.8 Å². The number of ether oxygens (including phenoxy) is 1. The zero-order valence-electron chi connectivity index (χ0n) is 17.2. The summed E-state index contributed by atoms with van der Waals surface area (Å²) in [5, 5.41) is 0. The zero-order chi connectivity index (χ0) is 21.1. The lowest BCUT2D eigenvalue weighted by Crippen LogP contribution is -2.45. The largest absolute Gasteiger partial charge is 0.443 e. The van der Waals surface area contributed by atoms with E-state index in [0.717, 1.165) is 11.1 Å². The Kier molecular flexibility index (Phi) is 5.73. The van der Waals surface area contributed by atoms with Gasteiger partial charge in [-0.15, -0.1) is 6.58 Å². The first-order valence-electron chi connectivity index (χ1n) is 9.78. The van der Waals surface area contributed by atoms with E-state index in [1.54, 1.807) is 32.9 Å². The first-order valence-corrected chi connectivity index (χ1v) is 9.78. The van der Waals surface area contributed by atoms with E-state index >= 15 is 0 Å². The molecule has 2 aromatic carbocycles. The second-order valence-corrected chi connectivity index (χ2v) is 8.23. The standard InChI is InChI=1S/C25H27NO3/c1-5-17-25(18-11-14-19-12-7-6-8-13-19)20-15-9-10-16-21(20)26(22(25)27)23(28)29-24(2,3)4/h5-16H,1,17-18H2,2-4H3/b14-11+. The predicted molar refractivity (Wildman–Crippen MR) is 117 cm³/mol. The van der Waals surface area contributed by atoms with Gasteiger partial charge in [0, 0.05) is 0 Å². The molecule has 2 aromatic rings. The Balaban J connectivity index is 2.00. The number of allylic oxidation sites excluding steroid dienone is 2. The van der Waals surface area contributed by atoms with Crippen molar-refractivity contribution in [3.05, 3.63) is 84.5 Å². The molecule has 1 atom stereocenters. The summed E-state index contributed by atoms with van der Waals surface area (Å²) in [4.78, 5) is 27.6. The third kappa shape index (κ3) is 4.16. The van der Waals surface area contributed by atoms with Gasteiger partial charge in [0.2, 0.25) is 5.91 Å². The Labute approximate surface area is 172 Å². The minimum Gasteiger partial charge on any atom is -0.443 e. The van der Waals surface area contributed by atoms with E-state index in [2.05, 4.69) is 6.58 Å². The molecular weight excluding hydrogens is 362 g/mol. The molecule has 150 valence electrons. The summed E-state index contributed by atoms with van der Waals surface area (Å²) < 4.78 is 5.52. The first kappa shape index (κ1) is 20.6. The van der Waals surface area contributed by atoms with Crippen LogP contribution in [0.1, 0.15) is 44.7 Å². The Morgan fingerprint density at radius 2 is 1.72 bits per heavy atom. The smallest absolute Gasteiger partial charge is 0.421 e. The SMILES string of the molecule is C=CCC1(C/C=C/c2ccccc2)C(=O)N(C(=O)OC(C)(C)C)c2ccccc21. The number of amides is 2. The lowest BCUT2D eigenvalue weighted by molar-refractivity contribution is -0.122. The molecule has 0 fully saturated rings. The number of fused-ring (bicyclic) bond motifs is 1. The van der Waals surface area contributed by atoms with Crippen molar-refractivity contribution in [3.63, 3.8) is 0 Å². The monoisotopic (exact) mass is 389 g/mol. The van der Waals surface area contributed by atoms with Crippen LogP contribution in [0.15, 0.2) is 73.3 Å². The molecule has 1 aliphatic rings. The Morgan fingerprint density at radius 3 is 2.38 bits per heavy atom. The van der Waals surface area contributed by atoms with Crippen molar-refractivity contribution in [2.24, 2.45) is 0 Å². The molecule has 4 heteroatoms. The lowest BCUT2D eigenvalue weighted by atomic mass is 9.75. The van der Waals surface area contributed by atoms with Crippen molar-refractivity contribution in [2.45, 2.75) is 44.6 Å². The average Bonchev–Trinajstić information content (AvgIpc) is 2.90. The van der Waals surface area contributed by atoms with Gasteiger partial charge < -0.3 is 4.74 Å². The van der Waals surface area contributed by atoms with Gasteiger partial charge in [0.05, 0.1) is 11.1 Å². The van der Waals surface area contributed by atoms with E-state index in [9.17, 15) is 9.59 Å². The van der Waals surface area contributed by atoms with Gasteiger partial charge in [0.1, 0.15) is 5.60 Å². The number of carbonyl (C=O) groups excluding carboxylic acids is 2. The van der Waals surface area contributed by atoms with Crippen LogP contribution in [-0.4, -0.2) is 17.6 Å². The molecule has 4 nitrogen and oxygen atoms in total. The number of nitrogens with zero attached hydrogens (tertiary/aromatic N) is 1. The second kappa shape index (κ2) is 8.08. The lowest BCUT2D eigenvalue weighted by Gasteiger charge is -2.27. The maximum Gasteiger partial charge on any atom is 0.421 e. The molecule has 2 amide bonds. The van der Waals surface area contributed by atoms with Gasteiger partial charge in [0.25, 0.3) is 0 Å². The quantitative estimate of drug-likeness (QED) is 0.599. The molecule has 0 bridgehead atoms. The van der Waals surface area contributed by atoms with Gasteiger partial charge in [-0.2, -0.15) is 0 Å². The molecule has 3 rings (SSSR count). The normalized spacial score (nSPS) is 18.7. The average molecular weight is 389 g/mol. The van der Waals surface area contributed by atoms with E-state index in [0.29, 0.717) is 18.5 Å². The molecule has 0 aliphatic carbocycles. The number of carbonyl (C=O) groups is 2. The van der Waals surface area contributed by atoms with Gasteiger partial charge in [-0.25, -0.2) is 9.69 Å². The van der Waals surface area contributed by atoms with Gasteiger partial charge in [-0.3, -0.25) is 4.79 Å². The van der Waals surface area contributed by atoms with Crippen LogP contribution in [0.5, 0.6) is 0 Å². The number of benzene rings is 2. The topological polar surface area (TPSA) is 46.6 Å². The van der Waals surface area contributed by atoms with Crippen LogP contribution in [-0.2, 0) is 14.9 Å². The highest BCUT2D eigenvalue weighted by Crippen LogP contribution is 2.47. The highest BCUT2D eigenvalue weighted by molar-refractivity contribution is 6.21. The summed E-state index contributed by atoms with van der Waals surface area (Å²) in [6.45, 7) is 9.23. The second-order valence-electron chi connectivity index (χ2n) is 8.23. The number of para-hydroxylation sites is 1. The summed E-state index contributed by atoms with van der Waals surface area (Å²) in [6, 6.07) is 17.4. The van der Waals surface area contributed by atoms with Gasteiger partial charge >= 0.3 is 6.09 Å². The van der Waals surface area contributed by atoms with Crippen molar-refractivity contribution in [2.75, 3.05) is 4.90 Å². The third-order valence-corrected chi connectivity index (χ3v) is 4.92. The van der Waals surface area contributed by atoms with Crippen LogP contribution in [0.25, 0.3) is 6.08 Å². The maximum absolute atomic E-state index is 13.6. The predicted octanol–water partition coefficient (Wildman–Crippen LogP) is 5.89. The van der Waals surface area contributed by atoms with E-state index in [1.807, 2.05) is 60.7 Å². The minimum atomic E-state index is -0.874. The van der Waals surface area contributed by atoms with Crippen molar-refractivity contribution in [3.8, 4) is 0 Å². The van der Waals surface area contributed by atoms with E-state index < -0.39 is 17.1 Å². The summed E-state index contributed by atoms with van der Waals surface area (Å²) in [6.07, 6.45) is 5.98. The zero-order valence-corrected chi connectivity index (χ0v) is 17.2. The van der Waals surface area contributed by atoms with Crippen LogP contribution in [0.2, 0.25) is 0 Å². The van der Waals surface area contributed by atoms with E-state index in [1.165, 1.54) is 4.90 Å². The molecule has 0 aromatic heterocycles. The third-order valence-electron chi connectivity index (χ3n) is 4.92. The molecule has 0 saturated heterocycles. The number of hydrogen-bond acceptors (Lipinski definition) is 3. The fourth-order valence-corrected chi connectivity index (χ4v) is 3.69. The summed E-state index contributed by atoms with van der Waals surface area (Å²) in [5.41, 5.74) is 0.906. The summed E-state index contributed by atoms with van der Waals surface area (Å²) in [7, 11) is 0. The van der Waals surface area contributed by atoms with Crippen molar-refractivity contribution in [1.29, 1.82) is 0 Å². The van der Waals surface area contributed by atoms with Crippen LogP contribution in [0, 0.1) is 0 Å². The maximum atomic E-state index is 13.6. The number of rotatable bonds is 5. The molecule has 1 unspecified atom stereocenters. The molecule has 0 radical (unpaired) electrons. The van der Waals surface area contributed by atoms with Crippen molar-refractivity contribution < 1.29 is 14.3 Å². The fourth-order valence-electron chi connectivity index (χ4n) is 3.69. The van der Waals surface area contributed by atoms with Crippen LogP contribution >= 0.6 is 0 Å². The van der Waals surface area contributed by atoms with Gasteiger partial charge in [-0.05, 0) is 50.8 Å². The molecular formula is C25H27NO3. The molecule has 29 heavy (non-hydrogen) atoms. The number of anilines is 1. The molecule has 0 spiro atoms. The molecule has 0 N–H and O–H groups in total. The molecule has 1 aliphatic heterocycles. The van der Waals surface area contributed by atoms with Gasteiger partial charge in [0.15, 0.2) is 0 Å². The molecule has 0 saturated carbocycles. The fraction of sp³-hybridized carbons (Fsp3) is 0.280. The number of imide groups is 1. The van der Waals surface area contributed by atoms with Crippen LogP contribution < -0.4 is 4.90 Å². The Hall–Kier alpha value is -3.14. The van der Waals surface area contributed by atoms with Crippen molar-refractivity contribution in [1.82, 2.24) is 0 Å². The van der Waals surface area contributed by atoms with Gasteiger partial charge in [-0.1, -0.05) is 66.8 Å². The van der Waals surface area contributed by atoms with E-state index in [4.69, 9.17) is 4.74 Å². The number of hydrogen-bond donors (Lipinski definition) is 0. The Bertz CT molecular complexity index is 940. The Morgan fingerprint density at radius 1 is 1.07 bits per heavy atom. The minimum absolute atomic E-state index is 0.273. The van der Waals surface area contributed by atoms with Crippen LogP contribution in [0.4, 0.5) is 10.5 Å². The highest BCUT2D eigenvalue weighted by Gasteiger charge is 2.52. The molecule has 1 heterocycles. The van der Waals surface area contributed by atoms with Crippen LogP contribution in [0.3, 0.4) is 0 Å². The summed E-state index contributed by atoms with van der Waals surface area (Å²) >= 11 is 0.